The van der Waals surface area contributed by atoms with E-state index in [1.165, 1.54) is 12.0 Å². The van der Waals surface area contributed by atoms with E-state index < -0.39 is 34.1 Å². The van der Waals surface area contributed by atoms with Gasteiger partial charge in [0.2, 0.25) is 21.8 Å². The molecule has 0 bridgehead atoms. The van der Waals surface area contributed by atoms with Gasteiger partial charge in [-0.3, -0.25) is 13.9 Å². The van der Waals surface area contributed by atoms with Crippen LogP contribution in [-0.4, -0.2) is 56.6 Å². The van der Waals surface area contributed by atoms with E-state index in [1.54, 1.807) is 31.2 Å². The van der Waals surface area contributed by atoms with E-state index in [2.05, 4.69) is 5.32 Å². The molecule has 0 spiro atoms. The minimum absolute atomic E-state index is 0.166. The number of methoxy groups -OCH3 is 1. The molecule has 2 aromatic rings. The lowest BCUT2D eigenvalue weighted by Gasteiger charge is -2.33. The number of benzene rings is 2. The zero-order chi connectivity index (χ0) is 25.7. The van der Waals surface area contributed by atoms with Crippen LogP contribution in [-0.2, 0) is 26.2 Å². The molecule has 0 heterocycles. The Bertz CT molecular complexity index is 1110. The molecular formula is C25H35N3O5S. The molecule has 1 N–H and O–H groups in total. The van der Waals surface area contributed by atoms with E-state index >= 15 is 0 Å². The average Bonchev–Trinajstić information content (AvgIpc) is 2.73. The van der Waals surface area contributed by atoms with Gasteiger partial charge in [-0.05, 0) is 64.4 Å². The van der Waals surface area contributed by atoms with Gasteiger partial charge >= 0.3 is 0 Å². The minimum atomic E-state index is -3.78. The second kappa shape index (κ2) is 10.9. The van der Waals surface area contributed by atoms with E-state index in [1.807, 2.05) is 52.0 Å². The van der Waals surface area contributed by atoms with Gasteiger partial charge < -0.3 is 15.0 Å². The first kappa shape index (κ1) is 27.2. The molecule has 0 fully saturated rings. The maximum absolute atomic E-state index is 13.5. The standard InChI is InChI=1S/C25H35N3O5S/c1-18-9-8-10-20(15-18)16-27(19(2)24(30)26-25(3,4)5)23(29)17-28(34(7,31)32)21-11-13-22(33-6)14-12-21/h8-15,19H,16-17H2,1-7H3,(H,26,30)/t19-/m0/s1. The Balaban J connectivity index is 2.39. The number of carbonyl (C=O) groups excluding carboxylic acids is 2. The molecule has 0 aliphatic carbocycles. The fraction of sp³-hybridized carbons (Fsp3) is 0.440. The molecule has 2 aromatic carbocycles. The molecule has 0 aliphatic heterocycles. The lowest BCUT2D eigenvalue weighted by molar-refractivity contribution is -0.140. The van der Waals surface area contributed by atoms with Gasteiger partial charge in [0.25, 0.3) is 0 Å². The third-order valence-electron chi connectivity index (χ3n) is 5.14. The molecule has 2 rings (SSSR count). The van der Waals surface area contributed by atoms with Crippen LogP contribution in [0, 0.1) is 6.92 Å². The summed E-state index contributed by atoms with van der Waals surface area (Å²) in [4.78, 5) is 27.9. The van der Waals surface area contributed by atoms with E-state index in [0.717, 1.165) is 21.7 Å². The maximum atomic E-state index is 13.5. The van der Waals surface area contributed by atoms with Crippen molar-refractivity contribution in [2.24, 2.45) is 0 Å². The predicted molar refractivity (Wildman–Crippen MR) is 134 cm³/mol. The molecule has 0 unspecified atom stereocenters. The van der Waals surface area contributed by atoms with Crippen LogP contribution >= 0.6 is 0 Å². The highest BCUT2D eigenvalue weighted by Gasteiger charge is 2.31. The average molecular weight is 490 g/mol. The number of hydrogen-bond acceptors (Lipinski definition) is 5. The molecule has 9 heteroatoms. The van der Waals surface area contributed by atoms with Crippen molar-refractivity contribution in [2.45, 2.75) is 52.7 Å². The molecule has 0 saturated heterocycles. The number of aryl methyl sites for hydroxylation is 1. The summed E-state index contributed by atoms with van der Waals surface area (Å²) in [7, 11) is -2.26. The van der Waals surface area contributed by atoms with Crippen LogP contribution in [0.3, 0.4) is 0 Å². The quantitative estimate of drug-likeness (QED) is 0.584. The number of anilines is 1. The number of carbonyl (C=O) groups is 2. The Morgan fingerprint density at radius 2 is 1.71 bits per heavy atom. The first-order chi connectivity index (χ1) is 15.7. The Labute approximate surface area is 202 Å². The molecule has 0 saturated carbocycles. The summed E-state index contributed by atoms with van der Waals surface area (Å²) in [5.41, 5.74) is 1.72. The zero-order valence-electron chi connectivity index (χ0n) is 21.0. The molecule has 0 aliphatic rings. The van der Waals surface area contributed by atoms with Crippen molar-refractivity contribution in [1.29, 1.82) is 0 Å². The lowest BCUT2D eigenvalue weighted by Crippen LogP contribution is -2.54. The van der Waals surface area contributed by atoms with Crippen LogP contribution in [0.4, 0.5) is 5.69 Å². The summed E-state index contributed by atoms with van der Waals surface area (Å²) in [5, 5.41) is 2.90. The van der Waals surface area contributed by atoms with Gasteiger partial charge in [0.1, 0.15) is 18.3 Å². The van der Waals surface area contributed by atoms with Crippen molar-refractivity contribution < 1.29 is 22.7 Å². The monoisotopic (exact) mass is 489 g/mol. The SMILES string of the molecule is COc1ccc(N(CC(=O)N(Cc2cccc(C)c2)[C@@H](C)C(=O)NC(C)(C)C)S(C)(=O)=O)cc1. The molecule has 2 amide bonds. The van der Waals surface area contributed by atoms with Gasteiger partial charge in [-0.1, -0.05) is 29.8 Å². The van der Waals surface area contributed by atoms with E-state index in [0.29, 0.717) is 11.4 Å². The Morgan fingerprint density at radius 3 is 2.21 bits per heavy atom. The second-order valence-electron chi connectivity index (χ2n) is 9.39. The Kier molecular flexibility index (Phi) is 8.72. The fourth-order valence-electron chi connectivity index (χ4n) is 3.43. The molecule has 34 heavy (non-hydrogen) atoms. The third-order valence-corrected chi connectivity index (χ3v) is 6.28. The van der Waals surface area contributed by atoms with E-state index in [9.17, 15) is 18.0 Å². The number of rotatable bonds is 9. The molecule has 0 radical (unpaired) electrons. The number of sulfonamides is 1. The van der Waals surface area contributed by atoms with Gasteiger partial charge in [0.15, 0.2) is 0 Å². The van der Waals surface area contributed by atoms with Gasteiger partial charge in [-0.25, -0.2) is 8.42 Å². The van der Waals surface area contributed by atoms with Gasteiger partial charge in [-0.15, -0.1) is 0 Å². The molecule has 8 nitrogen and oxygen atoms in total. The summed E-state index contributed by atoms with van der Waals surface area (Å²) < 4.78 is 31.3. The number of amides is 2. The largest absolute Gasteiger partial charge is 0.497 e. The van der Waals surface area contributed by atoms with Crippen LogP contribution in [0.1, 0.15) is 38.8 Å². The summed E-state index contributed by atoms with van der Waals surface area (Å²) in [6.07, 6.45) is 1.05. The van der Waals surface area contributed by atoms with Crippen molar-refractivity contribution in [3.63, 3.8) is 0 Å². The highest BCUT2D eigenvalue weighted by atomic mass is 32.2. The van der Waals surface area contributed by atoms with Gasteiger partial charge in [0.05, 0.1) is 19.1 Å². The normalized spacial score (nSPS) is 12.6. The maximum Gasteiger partial charge on any atom is 0.244 e. The molecule has 1 atom stereocenters. The summed E-state index contributed by atoms with van der Waals surface area (Å²) in [6.45, 7) is 8.90. The van der Waals surface area contributed by atoms with Crippen molar-refractivity contribution in [1.82, 2.24) is 10.2 Å². The summed E-state index contributed by atoms with van der Waals surface area (Å²) in [5.74, 6) is -0.236. The first-order valence-electron chi connectivity index (χ1n) is 11.0. The van der Waals surface area contributed by atoms with Crippen molar-refractivity contribution in [3.8, 4) is 5.75 Å². The summed E-state index contributed by atoms with van der Waals surface area (Å²) >= 11 is 0. The fourth-order valence-corrected chi connectivity index (χ4v) is 4.28. The molecule has 186 valence electrons. The van der Waals surface area contributed by atoms with E-state index in [-0.39, 0.29) is 12.5 Å². The third kappa shape index (κ3) is 7.76. The second-order valence-corrected chi connectivity index (χ2v) is 11.3. The highest BCUT2D eigenvalue weighted by Crippen LogP contribution is 2.22. The van der Waals surface area contributed by atoms with Gasteiger partial charge in [0, 0.05) is 12.1 Å². The van der Waals surface area contributed by atoms with Crippen molar-refractivity contribution >= 4 is 27.5 Å². The van der Waals surface area contributed by atoms with Crippen LogP contribution in [0.5, 0.6) is 5.75 Å². The Morgan fingerprint density at radius 1 is 1.09 bits per heavy atom. The van der Waals surface area contributed by atoms with E-state index in [4.69, 9.17) is 4.74 Å². The summed E-state index contributed by atoms with van der Waals surface area (Å²) in [6, 6.07) is 13.2. The van der Waals surface area contributed by atoms with Crippen LogP contribution in [0.15, 0.2) is 48.5 Å². The van der Waals surface area contributed by atoms with Crippen molar-refractivity contribution in [2.75, 3.05) is 24.2 Å². The number of nitrogens with zero attached hydrogens (tertiary/aromatic N) is 2. The number of ether oxygens (including phenoxy) is 1. The smallest absolute Gasteiger partial charge is 0.244 e. The number of nitrogens with one attached hydrogen (secondary N) is 1. The first-order valence-corrected chi connectivity index (χ1v) is 12.8. The molecule has 0 aromatic heterocycles. The lowest BCUT2D eigenvalue weighted by atomic mass is 10.1. The van der Waals surface area contributed by atoms with Crippen LogP contribution in [0.2, 0.25) is 0 Å². The predicted octanol–water partition coefficient (Wildman–Crippen LogP) is 3.10. The molecular weight excluding hydrogens is 454 g/mol. The van der Waals surface area contributed by atoms with Crippen LogP contribution < -0.4 is 14.4 Å². The van der Waals surface area contributed by atoms with Crippen molar-refractivity contribution in [3.05, 3.63) is 59.7 Å². The number of hydrogen-bond donors (Lipinski definition) is 1. The highest BCUT2D eigenvalue weighted by molar-refractivity contribution is 7.92. The van der Waals surface area contributed by atoms with Crippen LogP contribution in [0.25, 0.3) is 0 Å². The minimum Gasteiger partial charge on any atom is -0.497 e. The Hall–Kier alpha value is -3.07. The van der Waals surface area contributed by atoms with Gasteiger partial charge in [-0.2, -0.15) is 0 Å². The zero-order valence-corrected chi connectivity index (χ0v) is 21.8. The topological polar surface area (TPSA) is 96.0 Å².